The van der Waals surface area contributed by atoms with Gasteiger partial charge in [-0.1, -0.05) is 17.7 Å². The monoisotopic (exact) mass is 318 g/mol. The van der Waals surface area contributed by atoms with Gasteiger partial charge in [0.1, 0.15) is 5.82 Å². The average molecular weight is 319 g/mol. The van der Waals surface area contributed by atoms with Gasteiger partial charge in [-0.05, 0) is 62.5 Å². The van der Waals surface area contributed by atoms with Gasteiger partial charge in [-0.25, -0.2) is 4.39 Å². The molecule has 5 heteroatoms. The van der Waals surface area contributed by atoms with Crippen molar-refractivity contribution in [1.29, 1.82) is 0 Å². The number of likely N-dealkylation sites (tertiary alicyclic amines) is 1. The van der Waals surface area contributed by atoms with E-state index < -0.39 is 0 Å². The molecule has 0 bridgehead atoms. The molecule has 2 aliphatic rings. The molecule has 0 aliphatic carbocycles. The lowest BCUT2D eigenvalue weighted by Gasteiger charge is -2.38. The number of piperidine rings is 1. The third-order valence-electron chi connectivity index (χ3n) is 4.71. The summed E-state index contributed by atoms with van der Waals surface area (Å²) in [6.45, 7) is 6.76. The summed E-state index contributed by atoms with van der Waals surface area (Å²) < 4.78 is 13.2. The van der Waals surface area contributed by atoms with Gasteiger partial charge >= 0.3 is 0 Å². The van der Waals surface area contributed by atoms with Gasteiger partial charge < -0.3 is 5.32 Å². The predicted octanol–water partition coefficient (Wildman–Crippen LogP) is 3.50. The summed E-state index contributed by atoms with van der Waals surface area (Å²) >= 11 is 5.88. The normalized spacial score (nSPS) is 27.8. The molecule has 0 amide bonds. The van der Waals surface area contributed by atoms with Gasteiger partial charge in [-0.2, -0.15) is 0 Å². The molecule has 1 aromatic carbocycles. The van der Waals surface area contributed by atoms with Gasteiger partial charge in [-0.3, -0.25) is 4.90 Å². The molecule has 3 atom stereocenters. The smallest absolute Gasteiger partial charge is 0.141 e. The zero-order chi connectivity index (χ0) is 13.4. The first-order chi connectivity index (χ1) is 9.15. The van der Waals surface area contributed by atoms with Crippen molar-refractivity contribution in [1.82, 2.24) is 10.2 Å². The van der Waals surface area contributed by atoms with Crippen molar-refractivity contribution in [3.63, 3.8) is 0 Å². The quantitative estimate of drug-likeness (QED) is 0.897. The maximum atomic E-state index is 13.2. The average Bonchev–Trinajstić information content (AvgIpc) is 2.88. The van der Waals surface area contributed by atoms with Crippen LogP contribution in [0.3, 0.4) is 0 Å². The molecule has 0 saturated carbocycles. The number of hydrogen-bond donors (Lipinski definition) is 1. The van der Waals surface area contributed by atoms with Crippen molar-refractivity contribution in [3.8, 4) is 0 Å². The van der Waals surface area contributed by atoms with Crippen LogP contribution in [0.2, 0.25) is 5.02 Å². The lowest BCUT2D eigenvalue weighted by Crippen LogP contribution is -2.41. The van der Waals surface area contributed by atoms with Gasteiger partial charge in [0, 0.05) is 12.6 Å². The fourth-order valence-electron chi connectivity index (χ4n) is 3.40. The molecule has 2 aliphatic heterocycles. The fraction of sp³-hybridized carbons (Fsp3) is 0.600. The molecule has 0 aromatic heterocycles. The van der Waals surface area contributed by atoms with Gasteiger partial charge in [-0.15, -0.1) is 12.4 Å². The molecule has 3 rings (SSSR count). The maximum Gasteiger partial charge on any atom is 0.141 e. The highest BCUT2D eigenvalue weighted by molar-refractivity contribution is 6.30. The van der Waals surface area contributed by atoms with Crippen LogP contribution in [0.15, 0.2) is 18.2 Å². The van der Waals surface area contributed by atoms with Crippen LogP contribution in [0.1, 0.15) is 24.9 Å². The van der Waals surface area contributed by atoms with Crippen LogP contribution in [0.25, 0.3) is 0 Å². The largest absolute Gasteiger partial charge is 0.316 e. The van der Waals surface area contributed by atoms with Crippen molar-refractivity contribution < 1.29 is 4.39 Å². The van der Waals surface area contributed by atoms with Crippen molar-refractivity contribution >= 4 is 24.0 Å². The van der Waals surface area contributed by atoms with E-state index in [0.29, 0.717) is 6.04 Å². The van der Waals surface area contributed by atoms with Gasteiger partial charge in [0.2, 0.25) is 0 Å². The number of fused-ring (bicyclic) bond motifs is 1. The molecule has 2 nitrogen and oxygen atoms in total. The van der Waals surface area contributed by atoms with E-state index in [4.69, 9.17) is 11.6 Å². The third-order valence-corrected chi connectivity index (χ3v) is 5.00. The minimum absolute atomic E-state index is 0. The number of halogens is 3. The van der Waals surface area contributed by atoms with E-state index in [1.807, 2.05) is 6.07 Å². The molecule has 0 radical (unpaired) electrons. The first kappa shape index (κ1) is 16.0. The molecular weight excluding hydrogens is 298 g/mol. The van der Waals surface area contributed by atoms with Gasteiger partial charge in [0.25, 0.3) is 0 Å². The minimum atomic E-state index is -0.337. The number of nitrogens with zero attached hydrogens (tertiary/aromatic N) is 1. The molecule has 2 fully saturated rings. The van der Waals surface area contributed by atoms with E-state index in [9.17, 15) is 4.39 Å². The Labute approximate surface area is 131 Å². The molecule has 1 N–H and O–H groups in total. The van der Waals surface area contributed by atoms with Crippen LogP contribution in [0, 0.1) is 17.7 Å². The van der Waals surface area contributed by atoms with Crippen molar-refractivity contribution in [2.75, 3.05) is 26.2 Å². The third kappa shape index (κ3) is 3.11. The van der Waals surface area contributed by atoms with Crippen molar-refractivity contribution in [2.24, 2.45) is 11.8 Å². The standard InChI is InChI=1S/C15H20ClFN2.ClH/c1-10(11-2-3-15(17)14(16)6-11)19-5-4-12-7-18-8-13(12)9-19;/h2-3,6,10,12-13,18H,4-5,7-9H2,1H3;1H. The Balaban J connectivity index is 0.00000147. The van der Waals surface area contributed by atoms with Gasteiger partial charge in [0.15, 0.2) is 0 Å². The SMILES string of the molecule is CC(c1ccc(F)c(Cl)c1)N1CCC2CNCC2C1.Cl. The molecule has 2 heterocycles. The minimum Gasteiger partial charge on any atom is -0.316 e. The summed E-state index contributed by atoms with van der Waals surface area (Å²) in [5.74, 6) is 1.28. The lowest BCUT2D eigenvalue weighted by molar-refractivity contribution is 0.111. The topological polar surface area (TPSA) is 15.3 Å². The second-order valence-electron chi connectivity index (χ2n) is 5.81. The summed E-state index contributed by atoms with van der Waals surface area (Å²) in [4.78, 5) is 2.50. The molecular formula is C15H21Cl2FN2. The maximum absolute atomic E-state index is 13.2. The molecule has 2 saturated heterocycles. The Morgan fingerprint density at radius 3 is 2.85 bits per heavy atom. The molecule has 20 heavy (non-hydrogen) atoms. The van der Waals surface area contributed by atoms with Crippen LogP contribution in [0.4, 0.5) is 4.39 Å². The van der Waals surface area contributed by atoms with Gasteiger partial charge in [0.05, 0.1) is 5.02 Å². The molecule has 0 spiro atoms. The number of nitrogens with one attached hydrogen (secondary N) is 1. The second kappa shape index (κ2) is 6.61. The van der Waals surface area contributed by atoms with Crippen LogP contribution >= 0.6 is 24.0 Å². The Morgan fingerprint density at radius 2 is 2.10 bits per heavy atom. The highest BCUT2D eigenvalue weighted by atomic mass is 35.5. The van der Waals surface area contributed by atoms with E-state index in [2.05, 4.69) is 17.1 Å². The Morgan fingerprint density at radius 1 is 1.35 bits per heavy atom. The summed E-state index contributed by atoms with van der Waals surface area (Å²) in [5.41, 5.74) is 1.11. The van der Waals surface area contributed by atoms with Crippen molar-refractivity contribution in [2.45, 2.75) is 19.4 Å². The lowest BCUT2D eigenvalue weighted by atomic mass is 9.87. The first-order valence-electron chi connectivity index (χ1n) is 7.05. The van der Waals surface area contributed by atoms with Crippen molar-refractivity contribution in [3.05, 3.63) is 34.6 Å². The molecule has 3 unspecified atom stereocenters. The zero-order valence-corrected chi connectivity index (χ0v) is 13.2. The molecule has 112 valence electrons. The summed E-state index contributed by atoms with van der Waals surface area (Å²) in [7, 11) is 0. The molecule has 1 aromatic rings. The zero-order valence-electron chi connectivity index (χ0n) is 11.6. The fourth-order valence-corrected chi connectivity index (χ4v) is 3.59. The van der Waals surface area contributed by atoms with E-state index in [0.717, 1.165) is 37.0 Å². The number of rotatable bonds is 2. The van der Waals surface area contributed by atoms with Crippen LogP contribution in [0.5, 0.6) is 0 Å². The second-order valence-corrected chi connectivity index (χ2v) is 6.22. The van der Waals surface area contributed by atoms with Crippen LogP contribution < -0.4 is 5.32 Å². The number of hydrogen-bond acceptors (Lipinski definition) is 2. The van der Waals surface area contributed by atoms with E-state index in [1.165, 1.54) is 19.0 Å². The van der Waals surface area contributed by atoms with E-state index >= 15 is 0 Å². The first-order valence-corrected chi connectivity index (χ1v) is 7.42. The predicted molar refractivity (Wildman–Crippen MR) is 83.1 cm³/mol. The highest BCUT2D eigenvalue weighted by Crippen LogP contribution is 2.32. The van der Waals surface area contributed by atoms with E-state index in [1.54, 1.807) is 6.07 Å². The highest BCUT2D eigenvalue weighted by Gasteiger charge is 2.34. The Kier molecular flexibility index (Phi) is 5.30. The van der Waals surface area contributed by atoms with Crippen LogP contribution in [-0.4, -0.2) is 31.1 Å². The number of benzene rings is 1. The summed E-state index contributed by atoms with van der Waals surface area (Å²) in [6.07, 6.45) is 1.26. The van der Waals surface area contributed by atoms with Crippen LogP contribution in [-0.2, 0) is 0 Å². The summed E-state index contributed by atoms with van der Waals surface area (Å²) in [6, 6.07) is 5.39. The Bertz CT molecular complexity index is 469. The summed E-state index contributed by atoms with van der Waals surface area (Å²) in [5, 5.41) is 3.71. The van der Waals surface area contributed by atoms with E-state index in [-0.39, 0.29) is 23.2 Å². The Hall–Kier alpha value is -0.350.